The zero-order chi connectivity index (χ0) is 14.5. The van der Waals surface area contributed by atoms with E-state index in [1.807, 2.05) is 6.92 Å². The maximum atomic E-state index is 10.7. The van der Waals surface area contributed by atoms with Crippen LogP contribution in [0.2, 0.25) is 0 Å². The molecule has 0 aliphatic carbocycles. The molecule has 0 fully saturated rings. The molecule has 0 saturated heterocycles. The third kappa shape index (κ3) is 4.50. The summed E-state index contributed by atoms with van der Waals surface area (Å²) >= 11 is 0. The summed E-state index contributed by atoms with van der Waals surface area (Å²) in [5.41, 5.74) is -0.0584. The summed E-state index contributed by atoms with van der Waals surface area (Å²) in [5.74, 6) is 0.592. The second-order valence-electron chi connectivity index (χ2n) is 4.71. The highest BCUT2D eigenvalue weighted by atomic mass is 16.6. The summed E-state index contributed by atoms with van der Waals surface area (Å²) in [7, 11) is 1.52. The molecule has 6 nitrogen and oxygen atoms in total. The SMILES string of the molecule is CCC(C)(O)CNCc1cc([N+](=O)[O-])ccc1OC. The average molecular weight is 268 g/mol. The summed E-state index contributed by atoms with van der Waals surface area (Å²) < 4.78 is 5.16. The number of rotatable bonds is 7. The summed E-state index contributed by atoms with van der Waals surface area (Å²) in [6.45, 7) is 4.46. The first-order chi connectivity index (χ1) is 8.89. The van der Waals surface area contributed by atoms with Crippen LogP contribution < -0.4 is 10.1 Å². The van der Waals surface area contributed by atoms with E-state index in [2.05, 4.69) is 5.32 Å². The number of methoxy groups -OCH3 is 1. The van der Waals surface area contributed by atoms with Crippen LogP contribution in [-0.2, 0) is 6.54 Å². The maximum Gasteiger partial charge on any atom is 0.270 e. The number of nitrogens with zero attached hydrogens (tertiary/aromatic N) is 1. The molecule has 6 heteroatoms. The van der Waals surface area contributed by atoms with Gasteiger partial charge < -0.3 is 15.2 Å². The molecule has 0 aliphatic heterocycles. The van der Waals surface area contributed by atoms with E-state index in [9.17, 15) is 15.2 Å². The molecular formula is C13H20N2O4. The van der Waals surface area contributed by atoms with E-state index in [4.69, 9.17) is 4.74 Å². The fourth-order valence-corrected chi connectivity index (χ4v) is 1.61. The number of nitro benzene ring substituents is 1. The number of hydrogen-bond donors (Lipinski definition) is 2. The molecule has 1 aromatic carbocycles. The Morgan fingerprint density at radius 3 is 2.74 bits per heavy atom. The topological polar surface area (TPSA) is 84.6 Å². The number of non-ortho nitro benzene ring substituents is 1. The summed E-state index contributed by atoms with van der Waals surface area (Å²) in [6, 6.07) is 4.46. The van der Waals surface area contributed by atoms with Crippen molar-refractivity contribution >= 4 is 5.69 Å². The van der Waals surface area contributed by atoms with Crippen molar-refractivity contribution < 1.29 is 14.8 Å². The molecule has 19 heavy (non-hydrogen) atoms. The number of hydrogen-bond acceptors (Lipinski definition) is 5. The van der Waals surface area contributed by atoms with Gasteiger partial charge in [-0.05, 0) is 19.4 Å². The van der Waals surface area contributed by atoms with E-state index in [1.54, 1.807) is 13.0 Å². The molecule has 2 N–H and O–H groups in total. The van der Waals surface area contributed by atoms with Gasteiger partial charge in [0, 0.05) is 30.8 Å². The molecule has 106 valence electrons. The van der Waals surface area contributed by atoms with Crippen molar-refractivity contribution in [2.75, 3.05) is 13.7 Å². The number of nitro groups is 1. The zero-order valence-electron chi connectivity index (χ0n) is 11.5. The standard InChI is InChI=1S/C13H20N2O4/c1-4-13(2,16)9-14-8-10-7-11(15(17)18)5-6-12(10)19-3/h5-7,14,16H,4,8-9H2,1-3H3. The molecule has 1 aromatic rings. The molecule has 0 radical (unpaired) electrons. The lowest BCUT2D eigenvalue weighted by atomic mass is 10.0. The Bertz CT molecular complexity index is 446. The highest BCUT2D eigenvalue weighted by Gasteiger charge is 2.17. The van der Waals surface area contributed by atoms with Crippen molar-refractivity contribution in [3.8, 4) is 5.75 Å². The predicted molar refractivity (Wildman–Crippen MR) is 72.3 cm³/mol. The molecule has 0 saturated carbocycles. The third-order valence-electron chi connectivity index (χ3n) is 3.06. The van der Waals surface area contributed by atoms with Gasteiger partial charge in [0.1, 0.15) is 5.75 Å². The average Bonchev–Trinajstić information content (AvgIpc) is 2.38. The van der Waals surface area contributed by atoms with Crippen molar-refractivity contribution in [2.45, 2.75) is 32.4 Å². The summed E-state index contributed by atoms with van der Waals surface area (Å²) in [6.07, 6.45) is 0.631. The molecular weight excluding hydrogens is 248 g/mol. The lowest BCUT2D eigenvalue weighted by molar-refractivity contribution is -0.384. The lowest BCUT2D eigenvalue weighted by Crippen LogP contribution is -2.36. The van der Waals surface area contributed by atoms with Crippen molar-refractivity contribution in [2.24, 2.45) is 0 Å². The van der Waals surface area contributed by atoms with Crippen molar-refractivity contribution in [3.05, 3.63) is 33.9 Å². The van der Waals surface area contributed by atoms with Crippen molar-refractivity contribution in [3.63, 3.8) is 0 Å². The Morgan fingerprint density at radius 1 is 1.53 bits per heavy atom. The van der Waals surface area contributed by atoms with Crippen LogP contribution in [0.15, 0.2) is 18.2 Å². The monoisotopic (exact) mass is 268 g/mol. The molecule has 1 atom stereocenters. The largest absolute Gasteiger partial charge is 0.496 e. The molecule has 1 rings (SSSR count). The summed E-state index contributed by atoms with van der Waals surface area (Å²) in [4.78, 5) is 10.3. The first kappa shape index (κ1) is 15.4. The Kier molecular flexibility index (Phi) is 5.26. The van der Waals surface area contributed by atoms with Gasteiger partial charge in [-0.25, -0.2) is 0 Å². The first-order valence-corrected chi connectivity index (χ1v) is 6.14. The molecule has 1 unspecified atom stereocenters. The minimum absolute atomic E-state index is 0.0276. The van der Waals surface area contributed by atoms with Crippen LogP contribution in [0.1, 0.15) is 25.8 Å². The first-order valence-electron chi connectivity index (χ1n) is 6.14. The number of aliphatic hydroxyl groups is 1. The molecule has 0 aromatic heterocycles. The van der Waals surface area contributed by atoms with Gasteiger partial charge in [0.2, 0.25) is 0 Å². The highest BCUT2D eigenvalue weighted by Crippen LogP contribution is 2.23. The van der Waals surface area contributed by atoms with Gasteiger partial charge in [0.05, 0.1) is 17.6 Å². The summed E-state index contributed by atoms with van der Waals surface area (Å²) in [5, 5.41) is 23.7. The van der Waals surface area contributed by atoms with Gasteiger partial charge >= 0.3 is 0 Å². The van der Waals surface area contributed by atoms with Crippen LogP contribution in [0.4, 0.5) is 5.69 Å². The van der Waals surface area contributed by atoms with E-state index in [-0.39, 0.29) is 5.69 Å². The van der Waals surface area contributed by atoms with E-state index in [0.717, 1.165) is 0 Å². The maximum absolute atomic E-state index is 10.7. The van der Waals surface area contributed by atoms with Gasteiger partial charge in [0.25, 0.3) is 5.69 Å². The van der Waals surface area contributed by atoms with Crippen molar-refractivity contribution in [1.82, 2.24) is 5.32 Å². The van der Waals surface area contributed by atoms with Crippen LogP contribution in [0.5, 0.6) is 5.75 Å². The minimum Gasteiger partial charge on any atom is -0.496 e. The Morgan fingerprint density at radius 2 is 2.21 bits per heavy atom. The molecule has 0 amide bonds. The van der Waals surface area contributed by atoms with Gasteiger partial charge in [-0.3, -0.25) is 10.1 Å². The second-order valence-corrected chi connectivity index (χ2v) is 4.71. The predicted octanol–water partition coefficient (Wildman–Crippen LogP) is 1.85. The minimum atomic E-state index is -0.784. The van der Waals surface area contributed by atoms with E-state index in [1.165, 1.54) is 19.2 Å². The number of ether oxygens (including phenoxy) is 1. The Hall–Kier alpha value is -1.66. The normalized spacial score (nSPS) is 13.9. The fraction of sp³-hybridized carbons (Fsp3) is 0.538. The molecule has 0 spiro atoms. The van der Waals surface area contributed by atoms with Gasteiger partial charge in [0.15, 0.2) is 0 Å². The van der Waals surface area contributed by atoms with E-state index < -0.39 is 10.5 Å². The van der Waals surface area contributed by atoms with Gasteiger partial charge in [-0.1, -0.05) is 6.92 Å². The van der Waals surface area contributed by atoms with Gasteiger partial charge in [-0.2, -0.15) is 0 Å². The van der Waals surface area contributed by atoms with Crippen LogP contribution in [0.3, 0.4) is 0 Å². The highest BCUT2D eigenvalue weighted by molar-refractivity contribution is 5.43. The fourth-order valence-electron chi connectivity index (χ4n) is 1.61. The molecule has 0 heterocycles. The van der Waals surface area contributed by atoms with Crippen molar-refractivity contribution in [1.29, 1.82) is 0 Å². The van der Waals surface area contributed by atoms with E-state index in [0.29, 0.717) is 30.8 Å². The van der Waals surface area contributed by atoms with Crippen LogP contribution in [0.25, 0.3) is 0 Å². The molecule has 0 bridgehead atoms. The Balaban J connectivity index is 2.75. The smallest absolute Gasteiger partial charge is 0.270 e. The van der Waals surface area contributed by atoms with Crippen LogP contribution >= 0.6 is 0 Å². The quantitative estimate of drug-likeness (QED) is 0.582. The van der Waals surface area contributed by atoms with Gasteiger partial charge in [-0.15, -0.1) is 0 Å². The Labute approximate surface area is 112 Å². The van der Waals surface area contributed by atoms with E-state index >= 15 is 0 Å². The number of nitrogens with one attached hydrogen (secondary N) is 1. The molecule has 0 aliphatic rings. The lowest BCUT2D eigenvalue weighted by Gasteiger charge is -2.22. The number of benzene rings is 1. The zero-order valence-corrected chi connectivity index (χ0v) is 11.5. The second kappa shape index (κ2) is 6.49. The van der Waals surface area contributed by atoms with Crippen LogP contribution in [-0.4, -0.2) is 29.3 Å². The van der Waals surface area contributed by atoms with Crippen LogP contribution in [0, 0.1) is 10.1 Å². The third-order valence-corrected chi connectivity index (χ3v) is 3.06.